The molecule has 5 nitrogen and oxygen atoms in total. The van der Waals surface area contributed by atoms with Gasteiger partial charge in [0, 0.05) is 49.6 Å². The van der Waals surface area contributed by atoms with Gasteiger partial charge < -0.3 is 9.13 Å². The first-order valence-electron chi connectivity index (χ1n) is 22.4. The molecular weight excluding hydrogens is 803 g/mol. The van der Waals surface area contributed by atoms with E-state index in [0.717, 1.165) is 61.4 Å². The zero-order valence-electron chi connectivity index (χ0n) is 35.8. The highest BCUT2D eigenvalue weighted by molar-refractivity contribution is 6.15. The van der Waals surface area contributed by atoms with Gasteiger partial charge in [-0.3, -0.25) is 0 Å². The van der Waals surface area contributed by atoms with Gasteiger partial charge in [0.05, 0.1) is 22.1 Å². The van der Waals surface area contributed by atoms with Crippen LogP contribution in [0.3, 0.4) is 0 Å². The molecular formula is C61H39N5. The van der Waals surface area contributed by atoms with E-state index in [9.17, 15) is 0 Å². The first-order chi connectivity index (χ1) is 32.7. The zero-order chi connectivity index (χ0) is 43.6. The number of fused-ring (bicyclic) bond motifs is 7. The lowest BCUT2D eigenvalue weighted by atomic mass is 9.98. The molecule has 0 spiro atoms. The van der Waals surface area contributed by atoms with Crippen LogP contribution in [0.25, 0.3) is 122 Å². The van der Waals surface area contributed by atoms with Crippen molar-refractivity contribution < 1.29 is 0 Å². The molecule has 0 unspecified atom stereocenters. The number of hydrogen-bond donors (Lipinski definition) is 0. The third-order valence-electron chi connectivity index (χ3n) is 13.0. The highest BCUT2D eigenvalue weighted by Crippen LogP contribution is 2.40. The van der Waals surface area contributed by atoms with Crippen molar-refractivity contribution >= 4 is 54.4 Å². The minimum atomic E-state index is 0.608. The van der Waals surface area contributed by atoms with Crippen molar-refractivity contribution in [3.05, 3.63) is 237 Å². The molecule has 0 aliphatic rings. The Morgan fingerprint density at radius 1 is 0.242 bits per heavy atom. The molecule has 0 aliphatic heterocycles. The topological polar surface area (TPSA) is 48.5 Å². The lowest BCUT2D eigenvalue weighted by molar-refractivity contribution is 1.07. The first-order valence-corrected chi connectivity index (χ1v) is 22.4. The lowest BCUT2D eigenvalue weighted by Gasteiger charge is -2.14. The Hall–Kier alpha value is -8.93. The van der Waals surface area contributed by atoms with Crippen molar-refractivity contribution in [1.82, 2.24) is 24.1 Å². The highest BCUT2D eigenvalue weighted by atomic mass is 15.0. The predicted octanol–water partition coefficient (Wildman–Crippen LogP) is 15.6. The maximum Gasteiger partial charge on any atom is 0.164 e. The summed E-state index contributed by atoms with van der Waals surface area (Å²) < 4.78 is 4.80. The molecule has 0 aliphatic carbocycles. The SMILES string of the molecule is c1ccc(-c2ccccc2-c2nc(-c3ccc(-n4c5ccc(-n6c7ccccc7c7ccccc76)cc5c5cc6ccccc6cc54)cc3)nc(-c3ccccc3-c3ccccc3)n2)cc1. The Balaban J connectivity index is 0.987. The van der Waals surface area contributed by atoms with Crippen LogP contribution in [0.4, 0.5) is 0 Å². The van der Waals surface area contributed by atoms with E-state index in [1.54, 1.807) is 0 Å². The van der Waals surface area contributed by atoms with Crippen LogP contribution in [-0.2, 0) is 0 Å². The van der Waals surface area contributed by atoms with Crippen LogP contribution >= 0.6 is 0 Å². The number of benzene rings is 10. The van der Waals surface area contributed by atoms with E-state index in [2.05, 4.69) is 234 Å². The van der Waals surface area contributed by atoms with E-state index >= 15 is 0 Å². The summed E-state index contributed by atoms with van der Waals surface area (Å²) in [6.07, 6.45) is 0. The van der Waals surface area contributed by atoms with Gasteiger partial charge >= 0.3 is 0 Å². The number of aromatic nitrogens is 5. The Morgan fingerprint density at radius 2 is 0.667 bits per heavy atom. The normalized spacial score (nSPS) is 11.6. The van der Waals surface area contributed by atoms with Gasteiger partial charge in [-0.15, -0.1) is 0 Å². The summed E-state index contributed by atoms with van der Waals surface area (Å²) >= 11 is 0. The quantitative estimate of drug-likeness (QED) is 0.161. The van der Waals surface area contributed by atoms with E-state index in [1.807, 2.05) is 12.1 Å². The minimum Gasteiger partial charge on any atom is -0.309 e. The minimum absolute atomic E-state index is 0.608. The van der Waals surface area contributed by atoms with Crippen LogP contribution in [0.5, 0.6) is 0 Å². The number of para-hydroxylation sites is 2. The van der Waals surface area contributed by atoms with E-state index < -0.39 is 0 Å². The molecule has 66 heavy (non-hydrogen) atoms. The van der Waals surface area contributed by atoms with E-state index in [1.165, 1.54) is 43.4 Å². The van der Waals surface area contributed by atoms with Crippen LogP contribution in [0.1, 0.15) is 0 Å². The van der Waals surface area contributed by atoms with Crippen molar-refractivity contribution in [3.8, 4) is 67.8 Å². The lowest BCUT2D eigenvalue weighted by Crippen LogP contribution is -2.02. The fourth-order valence-corrected chi connectivity index (χ4v) is 9.91. The second-order valence-corrected chi connectivity index (χ2v) is 16.8. The third-order valence-corrected chi connectivity index (χ3v) is 13.0. The van der Waals surface area contributed by atoms with Crippen LogP contribution < -0.4 is 0 Å². The summed E-state index contributed by atoms with van der Waals surface area (Å²) in [5.41, 5.74) is 14.0. The molecule has 0 radical (unpaired) electrons. The smallest absolute Gasteiger partial charge is 0.164 e. The van der Waals surface area contributed by atoms with Gasteiger partial charge in [0.25, 0.3) is 0 Å². The molecule has 13 aromatic rings. The Labute approximate surface area is 381 Å². The third kappa shape index (κ3) is 6.21. The molecule has 10 aromatic carbocycles. The number of hydrogen-bond acceptors (Lipinski definition) is 3. The van der Waals surface area contributed by atoms with Crippen LogP contribution in [0, 0.1) is 0 Å². The molecule has 0 fully saturated rings. The second-order valence-electron chi connectivity index (χ2n) is 16.8. The van der Waals surface area contributed by atoms with Crippen LogP contribution in [0.2, 0.25) is 0 Å². The fraction of sp³-hybridized carbons (Fsp3) is 0. The molecule has 308 valence electrons. The molecule has 0 atom stereocenters. The van der Waals surface area contributed by atoms with Crippen molar-refractivity contribution in [1.29, 1.82) is 0 Å². The zero-order valence-corrected chi connectivity index (χ0v) is 35.8. The van der Waals surface area contributed by atoms with Crippen molar-refractivity contribution in [2.75, 3.05) is 0 Å². The summed E-state index contributed by atoms with van der Waals surface area (Å²) in [6.45, 7) is 0. The van der Waals surface area contributed by atoms with E-state index in [4.69, 9.17) is 15.0 Å². The average molecular weight is 842 g/mol. The summed E-state index contributed by atoms with van der Waals surface area (Å²) in [7, 11) is 0. The summed E-state index contributed by atoms with van der Waals surface area (Å²) in [6, 6.07) is 84.0. The van der Waals surface area contributed by atoms with Crippen LogP contribution in [-0.4, -0.2) is 24.1 Å². The van der Waals surface area contributed by atoms with Gasteiger partial charge in [-0.05, 0) is 99.8 Å². The fourth-order valence-electron chi connectivity index (χ4n) is 9.91. The maximum absolute atomic E-state index is 5.26. The molecule has 13 rings (SSSR count). The molecule has 5 heteroatoms. The van der Waals surface area contributed by atoms with E-state index in [-0.39, 0.29) is 0 Å². The summed E-state index contributed by atoms with van der Waals surface area (Å²) in [5, 5.41) is 7.31. The Morgan fingerprint density at radius 3 is 1.26 bits per heavy atom. The van der Waals surface area contributed by atoms with Crippen molar-refractivity contribution in [2.45, 2.75) is 0 Å². The molecule has 0 saturated heterocycles. The predicted molar refractivity (Wildman–Crippen MR) is 273 cm³/mol. The number of rotatable bonds is 7. The molecule has 0 saturated carbocycles. The Bertz CT molecular complexity index is 3820. The molecule has 0 bridgehead atoms. The molecule has 0 amide bonds. The van der Waals surface area contributed by atoms with Gasteiger partial charge in [0.15, 0.2) is 17.5 Å². The highest BCUT2D eigenvalue weighted by Gasteiger charge is 2.20. The largest absolute Gasteiger partial charge is 0.309 e. The summed E-state index contributed by atoms with van der Waals surface area (Å²) in [5.74, 6) is 1.85. The van der Waals surface area contributed by atoms with Gasteiger partial charge in [-0.2, -0.15) is 0 Å². The van der Waals surface area contributed by atoms with E-state index in [0.29, 0.717) is 17.5 Å². The molecule has 0 N–H and O–H groups in total. The van der Waals surface area contributed by atoms with Gasteiger partial charge in [-0.1, -0.05) is 170 Å². The van der Waals surface area contributed by atoms with Gasteiger partial charge in [-0.25, -0.2) is 15.0 Å². The molecule has 3 aromatic heterocycles. The average Bonchev–Trinajstić information content (AvgIpc) is 3.90. The number of nitrogens with zero attached hydrogens (tertiary/aromatic N) is 5. The van der Waals surface area contributed by atoms with Crippen molar-refractivity contribution in [3.63, 3.8) is 0 Å². The van der Waals surface area contributed by atoms with Gasteiger partial charge in [0.2, 0.25) is 0 Å². The first kappa shape index (κ1) is 37.6. The Kier molecular flexibility index (Phi) is 8.78. The maximum atomic E-state index is 5.26. The van der Waals surface area contributed by atoms with Crippen LogP contribution in [0.15, 0.2) is 237 Å². The van der Waals surface area contributed by atoms with Crippen molar-refractivity contribution in [2.24, 2.45) is 0 Å². The standard InChI is InChI=1S/C61H39N5/c1-3-17-40(18-4-1)47-23-9-11-27-51(47)60-62-59(63-61(64-60)52-28-12-10-24-48(52)41-19-5-2-6-20-41)42-31-33-45(34-32-42)65-57-36-35-46(39-54(57)53-37-43-21-7-8-22-44(43)38-58(53)65)66-55-29-15-13-25-49(55)50-26-14-16-30-56(50)66/h1-39H. The second kappa shape index (κ2) is 15.4. The summed E-state index contributed by atoms with van der Waals surface area (Å²) in [4.78, 5) is 15.8. The monoisotopic (exact) mass is 841 g/mol. The van der Waals surface area contributed by atoms with Gasteiger partial charge in [0.1, 0.15) is 0 Å². The molecule has 3 heterocycles.